The Morgan fingerprint density at radius 3 is 2.06 bits per heavy atom. The van der Waals surface area contributed by atoms with Gasteiger partial charge in [0.05, 0.1) is 19.1 Å². The van der Waals surface area contributed by atoms with Gasteiger partial charge in [0.1, 0.15) is 6.61 Å². The van der Waals surface area contributed by atoms with Crippen molar-refractivity contribution < 1.29 is 19.1 Å². The van der Waals surface area contributed by atoms with Crippen molar-refractivity contribution in [1.29, 1.82) is 0 Å². The summed E-state index contributed by atoms with van der Waals surface area (Å²) in [5.74, 6) is -0.306. The van der Waals surface area contributed by atoms with Gasteiger partial charge in [0.25, 0.3) is 0 Å². The van der Waals surface area contributed by atoms with E-state index in [1.165, 1.54) is 5.56 Å². The summed E-state index contributed by atoms with van der Waals surface area (Å²) in [7, 11) is 3.86. The maximum Gasteiger partial charge on any atom is 0.308 e. The van der Waals surface area contributed by atoms with E-state index in [4.69, 9.17) is 9.47 Å². The summed E-state index contributed by atoms with van der Waals surface area (Å²) >= 11 is 0. The fourth-order valence-electron chi connectivity index (χ4n) is 3.68. The minimum atomic E-state index is -0.300. The summed E-state index contributed by atoms with van der Waals surface area (Å²) in [6.07, 6.45) is 5.75. The molecule has 0 fully saturated rings. The van der Waals surface area contributed by atoms with Gasteiger partial charge in [0, 0.05) is 19.6 Å². The number of hydrogen-bond donors (Lipinski definition) is 1. The van der Waals surface area contributed by atoms with E-state index < -0.39 is 0 Å². The molecule has 0 aliphatic heterocycles. The summed E-state index contributed by atoms with van der Waals surface area (Å²) in [6.45, 7) is 2.27. The molecular formula is C28H40N2O4. The zero-order chi connectivity index (χ0) is 24.4. The number of benzene rings is 2. The van der Waals surface area contributed by atoms with Crippen LogP contribution >= 0.6 is 0 Å². The highest BCUT2D eigenvalue weighted by atomic mass is 16.5. The molecule has 1 amide bonds. The van der Waals surface area contributed by atoms with Crippen LogP contribution in [0.5, 0.6) is 0 Å². The van der Waals surface area contributed by atoms with Gasteiger partial charge in [-0.3, -0.25) is 9.59 Å². The van der Waals surface area contributed by atoms with Crippen LogP contribution in [0.15, 0.2) is 60.7 Å². The Kier molecular flexibility index (Phi) is 13.6. The molecule has 34 heavy (non-hydrogen) atoms. The number of carbonyl (C=O) groups excluding carboxylic acids is 2. The van der Waals surface area contributed by atoms with Crippen molar-refractivity contribution in [2.24, 2.45) is 0 Å². The maximum absolute atomic E-state index is 12.4. The summed E-state index contributed by atoms with van der Waals surface area (Å²) in [6, 6.07) is 19.5. The summed E-state index contributed by atoms with van der Waals surface area (Å²) < 4.78 is 11.1. The minimum Gasteiger partial charge on any atom is -0.461 e. The first-order chi connectivity index (χ1) is 16.5. The lowest BCUT2D eigenvalue weighted by atomic mass is 10.1. The lowest BCUT2D eigenvalue weighted by molar-refractivity contribution is -0.145. The number of esters is 1. The molecule has 0 spiro atoms. The third-order valence-electron chi connectivity index (χ3n) is 5.41. The monoisotopic (exact) mass is 468 g/mol. The molecule has 0 aliphatic rings. The number of unbranched alkanes of at least 4 members (excludes halogenated alkanes) is 4. The van der Waals surface area contributed by atoms with Crippen molar-refractivity contribution >= 4 is 11.9 Å². The van der Waals surface area contributed by atoms with Crippen molar-refractivity contribution in [2.75, 3.05) is 27.2 Å². The number of nitrogens with zero attached hydrogens (tertiary/aromatic N) is 1. The van der Waals surface area contributed by atoms with Gasteiger partial charge in [-0.15, -0.1) is 0 Å². The molecule has 6 nitrogen and oxygen atoms in total. The molecule has 1 atom stereocenters. The van der Waals surface area contributed by atoms with E-state index in [1.54, 1.807) is 0 Å². The zero-order valence-corrected chi connectivity index (χ0v) is 20.7. The largest absolute Gasteiger partial charge is 0.461 e. The van der Waals surface area contributed by atoms with E-state index in [-0.39, 0.29) is 30.9 Å². The lowest BCUT2D eigenvalue weighted by Gasteiger charge is -2.22. The van der Waals surface area contributed by atoms with Gasteiger partial charge in [-0.2, -0.15) is 0 Å². The Labute approximate surface area is 204 Å². The first-order valence-electron chi connectivity index (χ1n) is 12.3. The van der Waals surface area contributed by atoms with Gasteiger partial charge in [-0.25, -0.2) is 0 Å². The molecule has 2 rings (SSSR count). The van der Waals surface area contributed by atoms with Gasteiger partial charge in [-0.05, 0) is 38.1 Å². The van der Waals surface area contributed by atoms with Crippen LogP contribution in [0.25, 0.3) is 0 Å². The number of rotatable bonds is 17. The zero-order valence-electron chi connectivity index (χ0n) is 20.7. The van der Waals surface area contributed by atoms with Crippen LogP contribution in [0.3, 0.4) is 0 Å². The second kappa shape index (κ2) is 16.8. The fraction of sp³-hybridized carbons (Fsp3) is 0.500. The standard InChI is InChI=1S/C28H40N2O4/c1-30(2)21-26(20-28(32)34-23-25-16-10-7-11-17-25)29-27(31)18-12-4-3-5-13-19-33-22-24-14-8-6-9-15-24/h6-11,14-17,26H,3-5,12-13,18-23H2,1-2H3,(H,29,31)/t26-/m1/s1. The molecule has 2 aromatic rings. The third kappa shape index (κ3) is 13.1. The van der Waals surface area contributed by atoms with Gasteiger partial charge in [0.15, 0.2) is 0 Å². The highest BCUT2D eigenvalue weighted by molar-refractivity contribution is 5.77. The summed E-state index contributed by atoms with van der Waals surface area (Å²) in [5.41, 5.74) is 2.15. The lowest BCUT2D eigenvalue weighted by Crippen LogP contribution is -2.43. The second-order valence-corrected chi connectivity index (χ2v) is 8.93. The molecule has 0 unspecified atom stereocenters. The Morgan fingerprint density at radius 2 is 1.41 bits per heavy atom. The van der Waals surface area contributed by atoms with Gasteiger partial charge in [0.2, 0.25) is 5.91 Å². The number of ether oxygens (including phenoxy) is 2. The van der Waals surface area contributed by atoms with Crippen LogP contribution in [-0.4, -0.2) is 50.1 Å². The van der Waals surface area contributed by atoms with E-state index in [9.17, 15) is 9.59 Å². The van der Waals surface area contributed by atoms with Crippen LogP contribution in [0.4, 0.5) is 0 Å². The quantitative estimate of drug-likeness (QED) is 0.269. The molecule has 0 bridgehead atoms. The molecule has 0 radical (unpaired) electrons. The van der Waals surface area contributed by atoms with Crippen molar-refractivity contribution in [1.82, 2.24) is 10.2 Å². The highest BCUT2D eigenvalue weighted by Crippen LogP contribution is 2.08. The first-order valence-corrected chi connectivity index (χ1v) is 12.3. The fourth-order valence-corrected chi connectivity index (χ4v) is 3.68. The second-order valence-electron chi connectivity index (χ2n) is 8.93. The molecule has 186 valence electrons. The topological polar surface area (TPSA) is 67.9 Å². The number of hydrogen-bond acceptors (Lipinski definition) is 5. The van der Waals surface area contributed by atoms with Crippen LogP contribution in [0.2, 0.25) is 0 Å². The Bertz CT molecular complexity index is 812. The normalized spacial score (nSPS) is 11.9. The van der Waals surface area contributed by atoms with E-state index in [0.29, 0.717) is 19.6 Å². The molecule has 6 heteroatoms. The van der Waals surface area contributed by atoms with Crippen molar-refractivity contribution in [2.45, 2.75) is 64.2 Å². The van der Waals surface area contributed by atoms with Crippen LogP contribution in [0.1, 0.15) is 56.1 Å². The van der Waals surface area contributed by atoms with E-state index in [1.807, 2.05) is 67.5 Å². The molecule has 0 saturated carbocycles. The highest BCUT2D eigenvalue weighted by Gasteiger charge is 2.18. The SMILES string of the molecule is CN(C)C[C@@H](CC(=O)OCc1ccccc1)NC(=O)CCCCCCCOCc1ccccc1. The minimum absolute atomic E-state index is 0.00564. The predicted octanol–water partition coefficient (Wildman–Crippen LogP) is 4.72. The van der Waals surface area contributed by atoms with Crippen molar-refractivity contribution in [3.8, 4) is 0 Å². The Balaban J connectivity index is 1.54. The smallest absolute Gasteiger partial charge is 0.308 e. The van der Waals surface area contributed by atoms with Crippen LogP contribution in [-0.2, 0) is 32.3 Å². The van der Waals surface area contributed by atoms with E-state index in [0.717, 1.165) is 44.3 Å². The molecule has 0 aromatic heterocycles. The summed E-state index contributed by atoms with van der Waals surface area (Å²) in [5, 5.41) is 3.01. The van der Waals surface area contributed by atoms with Crippen LogP contribution < -0.4 is 5.32 Å². The third-order valence-corrected chi connectivity index (χ3v) is 5.41. The molecule has 0 heterocycles. The van der Waals surface area contributed by atoms with E-state index >= 15 is 0 Å². The Hall–Kier alpha value is -2.70. The van der Waals surface area contributed by atoms with Gasteiger partial charge in [-0.1, -0.05) is 79.9 Å². The average molecular weight is 469 g/mol. The molecule has 0 aliphatic carbocycles. The molecule has 0 saturated heterocycles. The van der Waals surface area contributed by atoms with Gasteiger partial charge >= 0.3 is 5.97 Å². The molecule has 2 aromatic carbocycles. The predicted molar refractivity (Wildman–Crippen MR) is 135 cm³/mol. The average Bonchev–Trinajstić information content (AvgIpc) is 2.82. The molecular weight excluding hydrogens is 428 g/mol. The maximum atomic E-state index is 12.4. The van der Waals surface area contributed by atoms with Crippen molar-refractivity contribution in [3.63, 3.8) is 0 Å². The van der Waals surface area contributed by atoms with Crippen molar-refractivity contribution in [3.05, 3.63) is 71.8 Å². The summed E-state index contributed by atoms with van der Waals surface area (Å²) in [4.78, 5) is 26.6. The van der Waals surface area contributed by atoms with Crippen LogP contribution in [0, 0.1) is 0 Å². The Morgan fingerprint density at radius 1 is 0.824 bits per heavy atom. The number of amides is 1. The number of nitrogens with one attached hydrogen (secondary N) is 1. The number of likely N-dealkylation sites (N-methyl/N-ethyl adjacent to an activating group) is 1. The van der Waals surface area contributed by atoms with E-state index in [2.05, 4.69) is 17.4 Å². The number of carbonyl (C=O) groups is 2. The van der Waals surface area contributed by atoms with Gasteiger partial charge < -0.3 is 19.7 Å². The molecule has 1 N–H and O–H groups in total. The first kappa shape index (κ1) is 27.5.